The average molecular weight is 593 g/mol. The summed E-state index contributed by atoms with van der Waals surface area (Å²) in [5, 5.41) is 25.5. The lowest BCUT2D eigenvalue weighted by atomic mass is 9.98. The molecule has 0 aliphatic carbocycles. The number of ether oxygens (including phenoxy) is 1. The summed E-state index contributed by atoms with van der Waals surface area (Å²) in [5.41, 5.74) is 3.07. The number of tetrazole rings is 1. The number of imidazole rings is 1. The fourth-order valence-electron chi connectivity index (χ4n) is 4.93. The molecule has 0 aliphatic heterocycles. The predicted octanol–water partition coefficient (Wildman–Crippen LogP) is 4.88. The molecule has 0 amide bonds. The summed E-state index contributed by atoms with van der Waals surface area (Å²) in [5.74, 6) is -0.351. The van der Waals surface area contributed by atoms with Crippen LogP contribution in [0.1, 0.15) is 47.1 Å². The Kier molecular flexibility index (Phi) is 7.50. The number of aromatic amines is 1. The molecule has 0 fully saturated rings. The molecule has 0 aliphatic rings. The zero-order valence-electron chi connectivity index (χ0n) is 24.1. The number of hydrogen-bond donors (Lipinski definition) is 2. The van der Waals surface area contributed by atoms with Crippen LogP contribution >= 0.6 is 0 Å². The molecular weight excluding hydrogens is 564 g/mol. The number of H-pyrrole nitrogens is 1. The van der Waals surface area contributed by atoms with E-state index in [4.69, 9.17) is 18.6 Å². The maximum atomic E-state index is 13.7. The maximum absolute atomic E-state index is 13.7. The lowest BCUT2D eigenvalue weighted by molar-refractivity contribution is 0.0395. The smallest absolute Gasteiger partial charge is 0.453 e. The van der Waals surface area contributed by atoms with E-state index in [0.717, 1.165) is 27.8 Å². The predicted molar refractivity (Wildman–Crippen MR) is 158 cm³/mol. The van der Waals surface area contributed by atoms with Crippen LogP contribution in [0.3, 0.4) is 0 Å². The van der Waals surface area contributed by atoms with Crippen LogP contribution in [0, 0.1) is 6.92 Å². The summed E-state index contributed by atoms with van der Waals surface area (Å²) in [7, 11) is 0. The lowest BCUT2D eigenvalue weighted by Gasteiger charge is -2.17. The lowest BCUT2D eigenvalue weighted by Crippen LogP contribution is -2.23. The van der Waals surface area contributed by atoms with Gasteiger partial charge in [-0.3, -0.25) is 0 Å². The molecule has 3 aromatic heterocycles. The van der Waals surface area contributed by atoms with Crippen LogP contribution in [0.4, 0.5) is 0 Å². The van der Waals surface area contributed by atoms with Gasteiger partial charge in [-0.1, -0.05) is 78.9 Å². The van der Waals surface area contributed by atoms with Crippen molar-refractivity contribution in [3.05, 3.63) is 118 Å². The van der Waals surface area contributed by atoms with Crippen molar-refractivity contribution in [2.45, 2.75) is 39.5 Å². The first-order valence-corrected chi connectivity index (χ1v) is 13.8. The van der Waals surface area contributed by atoms with Gasteiger partial charge in [0.2, 0.25) is 5.82 Å². The second-order valence-corrected chi connectivity index (χ2v) is 10.6. The molecule has 12 heteroatoms. The topological polar surface area (TPSA) is 162 Å². The maximum Gasteiger partial charge on any atom is 0.519 e. The number of carbonyl (C=O) groups excluding carboxylic acids is 1. The highest BCUT2D eigenvalue weighted by molar-refractivity contribution is 5.90. The first-order valence-electron chi connectivity index (χ1n) is 13.8. The van der Waals surface area contributed by atoms with E-state index in [-0.39, 0.29) is 36.1 Å². The molecule has 0 saturated heterocycles. The number of nitrogens with one attached hydrogen (secondary N) is 1. The largest absolute Gasteiger partial charge is 0.519 e. The number of carbonyl (C=O) groups is 1. The third-order valence-electron chi connectivity index (χ3n) is 7.06. The van der Waals surface area contributed by atoms with E-state index in [2.05, 4.69) is 20.6 Å². The van der Waals surface area contributed by atoms with E-state index < -0.39 is 17.4 Å². The van der Waals surface area contributed by atoms with E-state index in [1.807, 2.05) is 78.9 Å². The van der Waals surface area contributed by atoms with Crippen LogP contribution in [-0.4, -0.2) is 41.3 Å². The Labute approximate surface area is 251 Å². The highest BCUT2D eigenvalue weighted by Gasteiger charge is 2.33. The Morgan fingerprint density at radius 1 is 0.955 bits per heavy atom. The summed E-state index contributed by atoms with van der Waals surface area (Å²) in [6, 6.07) is 25.0. The van der Waals surface area contributed by atoms with Gasteiger partial charge in [-0.25, -0.2) is 14.6 Å². The number of benzene rings is 3. The Hall–Kier alpha value is -5.62. The molecule has 0 radical (unpaired) electrons. The second kappa shape index (κ2) is 11.6. The minimum absolute atomic E-state index is 0.0753. The Balaban J connectivity index is 1.39. The zero-order chi connectivity index (χ0) is 30.8. The molecule has 44 heavy (non-hydrogen) atoms. The Morgan fingerprint density at radius 2 is 1.66 bits per heavy atom. The summed E-state index contributed by atoms with van der Waals surface area (Å²) >= 11 is 0. The minimum atomic E-state index is -1.48. The van der Waals surface area contributed by atoms with Crippen molar-refractivity contribution in [3.63, 3.8) is 0 Å². The van der Waals surface area contributed by atoms with Crippen molar-refractivity contribution >= 4 is 5.97 Å². The number of nitrogens with zero attached hydrogens (tertiary/aromatic N) is 5. The highest BCUT2D eigenvalue weighted by Crippen LogP contribution is 2.33. The number of hydrogen-bond acceptors (Lipinski definition) is 10. The monoisotopic (exact) mass is 592 g/mol. The standard InChI is InChI=1S/C32H28N6O6/c1-19-25(44-31(40)43-19)18-42-30(39)26-27(32(2,3)41)33-29(22-9-5-4-6-10-22)38(26)17-20-13-15-21(16-14-20)23-11-7-8-12-24(23)28-34-36-37-35-28/h4-16,41H,17-18H2,1-3H3,(H,34,35,36,37). The normalized spacial score (nSPS) is 11.5. The molecule has 0 spiro atoms. The number of aromatic nitrogens is 6. The average Bonchev–Trinajstić information content (AvgIpc) is 3.76. The summed E-state index contributed by atoms with van der Waals surface area (Å²) in [6.45, 7) is 4.56. The quantitative estimate of drug-likeness (QED) is 0.221. The van der Waals surface area contributed by atoms with Crippen molar-refractivity contribution in [2.24, 2.45) is 0 Å². The molecule has 0 unspecified atom stereocenters. The van der Waals surface area contributed by atoms with Crippen molar-refractivity contribution in [1.29, 1.82) is 0 Å². The molecule has 6 aromatic rings. The summed E-state index contributed by atoms with van der Waals surface area (Å²) in [4.78, 5) is 29.9. The van der Waals surface area contributed by atoms with Gasteiger partial charge in [0.05, 0.1) is 0 Å². The zero-order valence-corrected chi connectivity index (χ0v) is 24.1. The van der Waals surface area contributed by atoms with Crippen LogP contribution in [0.2, 0.25) is 0 Å². The Bertz CT molecular complexity index is 1970. The van der Waals surface area contributed by atoms with Crippen molar-refractivity contribution < 1.29 is 23.5 Å². The third kappa shape index (κ3) is 5.70. The molecule has 3 aromatic carbocycles. The third-order valence-corrected chi connectivity index (χ3v) is 7.06. The van der Waals surface area contributed by atoms with E-state index >= 15 is 0 Å². The van der Waals surface area contributed by atoms with E-state index in [1.54, 1.807) is 25.3 Å². The molecule has 2 N–H and O–H groups in total. The molecule has 6 rings (SSSR count). The van der Waals surface area contributed by atoms with Gasteiger partial charge < -0.3 is 23.2 Å². The number of rotatable bonds is 9. The number of esters is 1. The van der Waals surface area contributed by atoms with Gasteiger partial charge in [0, 0.05) is 17.7 Å². The summed E-state index contributed by atoms with van der Waals surface area (Å²) < 4.78 is 17.2. The van der Waals surface area contributed by atoms with Crippen molar-refractivity contribution in [1.82, 2.24) is 30.2 Å². The van der Waals surface area contributed by atoms with E-state index in [9.17, 15) is 14.7 Å². The SMILES string of the molecule is Cc1oc(=O)oc1COC(=O)c1c(C(C)(C)O)nc(-c2ccccc2)n1Cc1ccc(-c2ccccc2-c2nn[nH]n2)cc1. The van der Waals surface area contributed by atoms with Gasteiger partial charge in [0.15, 0.2) is 23.8 Å². The molecule has 12 nitrogen and oxygen atoms in total. The van der Waals surface area contributed by atoms with Crippen LogP contribution in [0.5, 0.6) is 0 Å². The van der Waals surface area contributed by atoms with Crippen LogP contribution in [0.25, 0.3) is 33.9 Å². The second-order valence-electron chi connectivity index (χ2n) is 10.6. The van der Waals surface area contributed by atoms with Crippen molar-refractivity contribution in [3.8, 4) is 33.9 Å². The molecule has 0 atom stereocenters. The fourth-order valence-corrected chi connectivity index (χ4v) is 4.93. The highest BCUT2D eigenvalue weighted by atomic mass is 16.6. The van der Waals surface area contributed by atoms with Gasteiger partial charge in [0.25, 0.3) is 0 Å². The first kappa shape index (κ1) is 28.5. The van der Waals surface area contributed by atoms with Crippen molar-refractivity contribution in [2.75, 3.05) is 0 Å². The molecule has 222 valence electrons. The van der Waals surface area contributed by atoms with Crippen LogP contribution in [-0.2, 0) is 23.5 Å². The fraction of sp³-hybridized carbons (Fsp3) is 0.188. The molecule has 0 bridgehead atoms. The molecule has 3 heterocycles. The molecular formula is C32H28N6O6. The van der Waals surface area contributed by atoms with Gasteiger partial charge >= 0.3 is 11.8 Å². The number of aliphatic hydroxyl groups is 1. The molecule has 0 saturated carbocycles. The van der Waals surface area contributed by atoms with E-state index in [0.29, 0.717) is 11.6 Å². The van der Waals surface area contributed by atoms with Gasteiger partial charge in [-0.05, 0) is 42.7 Å². The first-order chi connectivity index (χ1) is 21.2. The number of aryl methyl sites for hydroxylation is 1. The minimum Gasteiger partial charge on any atom is -0.453 e. The van der Waals surface area contributed by atoms with Gasteiger partial charge in [-0.2, -0.15) is 5.21 Å². The van der Waals surface area contributed by atoms with Crippen LogP contribution < -0.4 is 5.82 Å². The summed E-state index contributed by atoms with van der Waals surface area (Å²) in [6.07, 6.45) is 0. The Morgan fingerprint density at radius 3 is 2.30 bits per heavy atom. The van der Waals surface area contributed by atoms with Crippen LogP contribution in [0.15, 0.2) is 92.5 Å². The van der Waals surface area contributed by atoms with E-state index in [1.165, 1.54) is 0 Å². The van der Waals surface area contributed by atoms with Gasteiger partial charge in [0.1, 0.15) is 17.1 Å². The van der Waals surface area contributed by atoms with Gasteiger partial charge in [-0.15, -0.1) is 10.2 Å².